The topological polar surface area (TPSA) is 23.5 Å². The van der Waals surface area contributed by atoms with Crippen molar-refractivity contribution in [3.05, 3.63) is 0 Å². The summed E-state index contributed by atoms with van der Waals surface area (Å²) in [6, 6.07) is 0.493. The fourth-order valence-electron chi connectivity index (χ4n) is 1.24. The van der Waals surface area contributed by atoms with Gasteiger partial charge < -0.3 is 10.0 Å². The fraction of sp³-hybridized carbons (Fsp3) is 1.00. The number of aliphatic hydroxyl groups is 1. The highest BCUT2D eigenvalue weighted by Crippen LogP contribution is 2.22. The fourth-order valence-corrected chi connectivity index (χ4v) is 1.24. The van der Waals surface area contributed by atoms with E-state index in [1.165, 1.54) is 0 Å². The predicted octanol–water partition coefficient (Wildman–Crippen LogP) is 1.73. The molecule has 0 aromatic carbocycles. The van der Waals surface area contributed by atoms with Gasteiger partial charge in [-0.05, 0) is 26.3 Å². The zero-order chi connectivity index (χ0) is 9.94. The van der Waals surface area contributed by atoms with Crippen molar-refractivity contribution < 1.29 is 5.11 Å². The van der Waals surface area contributed by atoms with Gasteiger partial charge in [-0.2, -0.15) is 0 Å². The third kappa shape index (κ3) is 4.07. The number of rotatable bonds is 3. The molecule has 74 valence electrons. The largest absolute Gasteiger partial charge is 0.392 e. The smallest absolute Gasteiger partial charge is 0.0639 e. The van der Waals surface area contributed by atoms with Crippen LogP contribution >= 0.6 is 0 Å². The van der Waals surface area contributed by atoms with Crippen LogP contribution in [0.5, 0.6) is 0 Å². The molecule has 0 heterocycles. The van der Waals surface area contributed by atoms with Crippen LogP contribution in [0.15, 0.2) is 0 Å². The minimum Gasteiger partial charge on any atom is -0.392 e. The number of hydrogen-bond donors (Lipinski definition) is 1. The number of likely N-dealkylation sites (N-methyl/N-ethyl adjacent to an activating group) is 1. The molecule has 0 spiro atoms. The van der Waals surface area contributed by atoms with E-state index in [1.807, 2.05) is 6.92 Å². The molecule has 0 bridgehead atoms. The molecule has 0 aliphatic rings. The minimum atomic E-state index is -0.236. The Hall–Kier alpha value is -0.0800. The van der Waals surface area contributed by atoms with Crippen LogP contribution in [-0.4, -0.2) is 35.7 Å². The first-order valence-electron chi connectivity index (χ1n) is 4.63. The molecule has 0 saturated carbocycles. The van der Waals surface area contributed by atoms with E-state index in [0.717, 1.165) is 6.54 Å². The van der Waals surface area contributed by atoms with E-state index in [1.54, 1.807) is 0 Å². The molecule has 0 aliphatic heterocycles. The van der Waals surface area contributed by atoms with Gasteiger partial charge in [0, 0.05) is 12.6 Å². The van der Waals surface area contributed by atoms with E-state index in [4.69, 9.17) is 0 Å². The summed E-state index contributed by atoms with van der Waals surface area (Å²) in [6.07, 6.45) is -0.236. The first-order valence-corrected chi connectivity index (χ1v) is 4.63. The van der Waals surface area contributed by atoms with Crippen molar-refractivity contribution in [2.24, 2.45) is 5.41 Å². The van der Waals surface area contributed by atoms with Crippen LogP contribution in [-0.2, 0) is 0 Å². The second-order valence-electron chi connectivity index (χ2n) is 4.83. The Bertz CT molecular complexity index is 126. The Kier molecular flexibility index (Phi) is 4.21. The zero-order valence-electron chi connectivity index (χ0n) is 9.26. The molecule has 0 aromatic rings. The summed E-state index contributed by atoms with van der Waals surface area (Å²) < 4.78 is 0. The average molecular weight is 173 g/mol. The number of nitrogens with zero attached hydrogens (tertiary/aromatic N) is 1. The molecule has 2 atom stereocenters. The third-order valence-corrected chi connectivity index (χ3v) is 2.47. The summed E-state index contributed by atoms with van der Waals surface area (Å²) in [5.74, 6) is 0. The van der Waals surface area contributed by atoms with Crippen LogP contribution in [0.4, 0.5) is 0 Å². The minimum absolute atomic E-state index is 0.236. The molecule has 0 aliphatic carbocycles. The van der Waals surface area contributed by atoms with Gasteiger partial charge in [-0.25, -0.2) is 0 Å². The Morgan fingerprint density at radius 1 is 1.25 bits per heavy atom. The van der Waals surface area contributed by atoms with Crippen LogP contribution in [0.3, 0.4) is 0 Å². The average Bonchev–Trinajstić information content (AvgIpc) is 1.82. The monoisotopic (exact) mass is 173 g/mol. The first-order chi connectivity index (χ1) is 5.25. The van der Waals surface area contributed by atoms with Crippen molar-refractivity contribution in [2.75, 3.05) is 13.6 Å². The second-order valence-corrected chi connectivity index (χ2v) is 4.83. The second kappa shape index (κ2) is 4.24. The Morgan fingerprint density at radius 2 is 1.67 bits per heavy atom. The summed E-state index contributed by atoms with van der Waals surface area (Å²) in [5, 5.41) is 9.20. The molecule has 2 heteroatoms. The lowest BCUT2D eigenvalue weighted by Gasteiger charge is -2.35. The molecule has 0 rings (SSSR count). The van der Waals surface area contributed by atoms with Gasteiger partial charge in [-0.3, -0.25) is 0 Å². The van der Waals surface area contributed by atoms with E-state index < -0.39 is 0 Å². The van der Waals surface area contributed by atoms with Gasteiger partial charge >= 0.3 is 0 Å². The van der Waals surface area contributed by atoms with Gasteiger partial charge in [0.15, 0.2) is 0 Å². The summed E-state index contributed by atoms with van der Waals surface area (Å²) in [4.78, 5) is 2.20. The van der Waals surface area contributed by atoms with E-state index in [0.29, 0.717) is 6.04 Å². The normalized spacial score (nSPS) is 18.0. The third-order valence-electron chi connectivity index (χ3n) is 2.47. The van der Waals surface area contributed by atoms with Crippen LogP contribution in [0, 0.1) is 5.41 Å². The summed E-state index contributed by atoms with van der Waals surface area (Å²) in [5.41, 5.74) is 0.281. The van der Waals surface area contributed by atoms with Crippen LogP contribution in [0.2, 0.25) is 0 Å². The van der Waals surface area contributed by atoms with E-state index >= 15 is 0 Å². The first kappa shape index (κ1) is 11.9. The lowest BCUT2D eigenvalue weighted by atomic mass is 9.87. The van der Waals surface area contributed by atoms with Gasteiger partial charge in [0.25, 0.3) is 0 Å². The van der Waals surface area contributed by atoms with Crippen LogP contribution in [0.25, 0.3) is 0 Å². The van der Waals surface area contributed by atoms with Gasteiger partial charge in [-0.15, -0.1) is 0 Å². The van der Waals surface area contributed by atoms with Gasteiger partial charge in [0.05, 0.1) is 6.10 Å². The Balaban J connectivity index is 4.01. The van der Waals surface area contributed by atoms with Crippen LogP contribution < -0.4 is 0 Å². The highest BCUT2D eigenvalue weighted by atomic mass is 16.3. The molecule has 0 saturated heterocycles. The van der Waals surface area contributed by atoms with Crippen molar-refractivity contribution in [1.82, 2.24) is 4.90 Å². The molecule has 0 radical (unpaired) electrons. The maximum atomic E-state index is 9.20. The van der Waals surface area contributed by atoms with Crippen molar-refractivity contribution in [2.45, 2.75) is 46.8 Å². The Labute approximate surface area is 76.6 Å². The number of hydrogen-bond acceptors (Lipinski definition) is 2. The molecule has 0 amide bonds. The standard InChI is InChI=1S/C10H23NO/c1-8(12)7-11(6)9(2)10(3,4)5/h8-9,12H,7H2,1-6H3/t8-,9?/m1/s1. The lowest BCUT2D eigenvalue weighted by Crippen LogP contribution is -2.42. The highest BCUT2D eigenvalue weighted by Gasteiger charge is 2.23. The van der Waals surface area contributed by atoms with Crippen molar-refractivity contribution in [3.8, 4) is 0 Å². The number of aliphatic hydroxyl groups excluding tert-OH is 1. The summed E-state index contributed by atoms with van der Waals surface area (Å²) >= 11 is 0. The molecular formula is C10H23NO. The molecule has 12 heavy (non-hydrogen) atoms. The summed E-state index contributed by atoms with van der Waals surface area (Å²) in [7, 11) is 2.06. The van der Waals surface area contributed by atoms with E-state index in [2.05, 4.69) is 39.6 Å². The molecule has 0 fully saturated rings. The van der Waals surface area contributed by atoms with Crippen molar-refractivity contribution in [1.29, 1.82) is 0 Å². The van der Waals surface area contributed by atoms with Gasteiger partial charge in [0.2, 0.25) is 0 Å². The van der Waals surface area contributed by atoms with Crippen molar-refractivity contribution >= 4 is 0 Å². The van der Waals surface area contributed by atoms with Crippen LogP contribution in [0.1, 0.15) is 34.6 Å². The van der Waals surface area contributed by atoms with E-state index in [9.17, 15) is 5.11 Å². The Morgan fingerprint density at radius 3 is 1.92 bits per heavy atom. The van der Waals surface area contributed by atoms with Gasteiger partial charge in [-0.1, -0.05) is 20.8 Å². The van der Waals surface area contributed by atoms with E-state index in [-0.39, 0.29) is 11.5 Å². The molecule has 0 aromatic heterocycles. The molecule has 2 nitrogen and oxygen atoms in total. The SMILES string of the molecule is CC(N(C)C[C@@H](C)O)C(C)(C)C. The maximum Gasteiger partial charge on any atom is 0.0639 e. The lowest BCUT2D eigenvalue weighted by molar-refractivity contribution is 0.0804. The highest BCUT2D eigenvalue weighted by molar-refractivity contribution is 4.77. The van der Waals surface area contributed by atoms with Gasteiger partial charge in [0.1, 0.15) is 0 Å². The molecule has 1 unspecified atom stereocenters. The summed E-state index contributed by atoms with van der Waals surface area (Å²) in [6.45, 7) is 11.4. The quantitative estimate of drug-likeness (QED) is 0.702. The zero-order valence-corrected chi connectivity index (χ0v) is 9.26. The maximum absolute atomic E-state index is 9.20. The molecular weight excluding hydrogens is 150 g/mol. The van der Waals surface area contributed by atoms with Crippen molar-refractivity contribution in [3.63, 3.8) is 0 Å². The predicted molar refractivity (Wildman–Crippen MR) is 53.2 cm³/mol. The molecule has 1 N–H and O–H groups in total.